The minimum Gasteiger partial charge on any atom is -0.481 e. The van der Waals surface area contributed by atoms with Crippen molar-refractivity contribution in [3.63, 3.8) is 0 Å². The average Bonchev–Trinajstić information content (AvgIpc) is 3.04. The molecule has 86 valence electrons. The molecule has 0 bridgehead atoms. The van der Waals surface area contributed by atoms with Gasteiger partial charge in [0.05, 0.1) is 0 Å². The molecule has 15 heavy (non-hydrogen) atoms. The zero-order valence-corrected chi connectivity index (χ0v) is 9.48. The number of rotatable bonds is 7. The van der Waals surface area contributed by atoms with Crippen LogP contribution in [0.4, 0.5) is 0 Å². The lowest BCUT2D eigenvalue weighted by molar-refractivity contribution is -0.137. The zero-order valence-electron chi connectivity index (χ0n) is 9.48. The zero-order chi connectivity index (χ0) is 10.8. The van der Waals surface area contributed by atoms with Crippen LogP contribution < -0.4 is 0 Å². The summed E-state index contributed by atoms with van der Waals surface area (Å²) in [5.74, 6) is 0.236. The largest absolute Gasteiger partial charge is 0.481 e. The highest BCUT2D eigenvalue weighted by molar-refractivity contribution is 5.66. The quantitative estimate of drug-likeness (QED) is 0.701. The topological polar surface area (TPSA) is 40.5 Å². The van der Waals surface area contributed by atoms with Crippen LogP contribution in [-0.2, 0) is 4.79 Å². The lowest BCUT2D eigenvalue weighted by Crippen LogP contribution is -2.37. The maximum absolute atomic E-state index is 10.5. The Kier molecular flexibility index (Phi) is 3.29. The van der Waals surface area contributed by atoms with Crippen LogP contribution in [0.1, 0.15) is 45.4 Å². The van der Waals surface area contributed by atoms with Crippen molar-refractivity contribution in [2.45, 2.75) is 57.5 Å². The number of hydrogen-bond acceptors (Lipinski definition) is 2. The van der Waals surface area contributed by atoms with Gasteiger partial charge in [-0.25, -0.2) is 0 Å². The predicted octanol–water partition coefficient (Wildman–Crippen LogP) is 2.11. The summed E-state index contributed by atoms with van der Waals surface area (Å²) in [6.07, 6.45) is 6.53. The first kappa shape index (κ1) is 10.9. The van der Waals surface area contributed by atoms with Crippen molar-refractivity contribution >= 4 is 5.97 Å². The first-order valence-corrected chi connectivity index (χ1v) is 6.16. The monoisotopic (exact) mass is 211 g/mol. The molecular formula is C12H21NO2. The third-order valence-corrected chi connectivity index (χ3v) is 3.65. The van der Waals surface area contributed by atoms with Gasteiger partial charge < -0.3 is 5.11 Å². The fourth-order valence-electron chi connectivity index (χ4n) is 2.39. The standard InChI is InChI=1S/C12H21NO2/c1-9(10-4-5-10)13(11-6-7-11)8-2-3-12(14)15/h9-11H,2-8H2,1H3,(H,14,15). The van der Waals surface area contributed by atoms with Gasteiger partial charge in [0.15, 0.2) is 0 Å². The average molecular weight is 211 g/mol. The van der Waals surface area contributed by atoms with E-state index in [0.29, 0.717) is 12.5 Å². The fourth-order valence-corrected chi connectivity index (χ4v) is 2.39. The predicted molar refractivity (Wildman–Crippen MR) is 58.8 cm³/mol. The molecule has 0 radical (unpaired) electrons. The third-order valence-electron chi connectivity index (χ3n) is 3.65. The maximum Gasteiger partial charge on any atom is 0.303 e. The number of carboxylic acids is 1. The maximum atomic E-state index is 10.5. The molecular weight excluding hydrogens is 190 g/mol. The number of carbonyl (C=O) groups is 1. The second-order valence-electron chi connectivity index (χ2n) is 5.04. The molecule has 0 heterocycles. The molecule has 0 aromatic carbocycles. The molecule has 0 aromatic heterocycles. The minimum atomic E-state index is -0.662. The third kappa shape index (κ3) is 3.20. The van der Waals surface area contributed by atoms with Gasteiger partial charge in [-0.2, -0.15) is 0 Å². The molecule has 1 unspecified atom stereocenters. The van der Waals surface area contributed by atoms with E-state index < -0.39 is 5.97 Å². The Labute approximate surface area is 91.5 Å². The van der Waals surface area contributed by atoms with Gasteiger partial charge in [0, 0.05) is 18.5 Å². The smallest absolute Gasteiger partial charge is 0.303 e. The Bertz CT molecular complexity index is 234. The van der Waals surface area contributed by atoms with Gasteiger partial charge in [0.2, 0.25) is 0 Å². The van der Waals surface area contributed by atoms with Crippen LogP contribution in [0.2, 0.25) is 0 Å². The number of nitrogens with zero attached hydrogens (tertiary/aromatic N) is 1. The Morgan fingerprint density at radius 3 is 2.53 bits per heavy atom. The van der Waals surface area contributed by atoms with Gasteiger partial charge in [-0.1, -0.05) is 0 Å². The van der Waals surface area contributed by atoms with Crippen molar-refractivity contribution in [2.24, 2.45) is 5.92 Å². The fraction of sp³-hybridized carbons (Fsp3) is 0.917. The van der Waals surface area contributed by atoms with Gasteiger partial charge in [-0.15, -0.1) is 0 Å². The molecule has 0 saturated heterocycles. The normalized spacial score (nSPS) is 23.1. The highest BCUT2D eigenvalue weighted by Crippen LogP contribution is 2.39. The van der Waals surface area contributed by atoms with E-state index >= 15 is 0 Å². The van der Waals surface area contributed by atoms with Gasteiger partial charge in [0.25, 0.3) is 0 Å². The summed E-state index contributed by atoms with van der Waals surface area (Å²) in [6.45, 7) is 3.30. The molecule has 2 fully saturated rings. The second kappa shape index (κ2) is 4.52. The molecule has 0 spiro atoms. The van der Waals surface area contributed by atoms with E-state index in [9.17, 15) is 4.79 Å². The summed E-state index contributed by atoms with van der Waals surface area (Å²) in [5, 5.41) is 8.62. The first-order chi connectivity index (χ1) is 7.18. The molecule has 2 saturated carbocycles. The molecule has 0 amide bonds. The SMILES string of the molecule is CC(C1CC1)N(CCCC(=O)O)C1CC1. The van der Waals surface area contributed by atoms with Crippen molar-refractivity contribution in [3.05, 3.63) is 0 Å². The number of hydrogen-bond donors (Lipinski definition) is 1. The van der Waals surface area contributed by atoms with Gasteiger partial charge >= 0.3 is 5.97 Å². The highest BCUT2D eigenvalue weighted by Gasteiger charge is 2.38. The first-order valence-electron chi connectivity index (χ1n) is 6.16. The van der Waals surface area contributed by atoms with Crippen LogP contribution in [0.15, 0.2) is 0 Å². The Balaban J connectivity index is 1.75. The van der Waals surface area contributed by atoms with Crippen LogP contribution in [-0.4, -0.2) is 34.6 Å². The summed E-state index contributed by atoms with van der Waals surface area (Å²) < 4.78 is 0. The Morgan fingerprint density at radius 1 is 1.40 bits per heavy atom. The summed E-state index contributed by atoms with van der Waals surface area (Å²) in [7, 11) is 0. The molecule has 2 aliphatic carbocycles. The van der Waals surface area contributed by atoms with E-state index in [-0.39, 0.29) is 0 Å². The number of carboxylic acid groups (broad SMARTS) is 1. The second-order valence-corrected chi connectivity index (χ2v) is 5.04. The van der Waals surface area contributed by atoms with Crippen LogP contribution >= 0.6 is 0 Å². The Hall–Kier alpha value is -0.570. The molecule has 1 atom stereocenters. The van der Waals surface area contributed by atoms with Crippen molar-refractivity contribution in [2.75, 3.05) is 6.54 Å². The molecule has 2 aliphatic rings. The van der Waals surface area contributed by atoms with E-state index in [1.165, 1.54) is 25.7 Å². The van der Waals surface area contributed by atoms with Crippen molar-refractivity contribution in [1.29, 1.82) is 0 Å². The molecule has 0 aliphatic heterocycles. The number of aliphatic carboxylic acids is 1. The molecule has 3 nitrogen and oxygen atoms in total. The van der Waals surface area contributed by atoms with E-state index in [0.717, 1.165) is 24.9 Å². The van der Waals surface area contributed by atoms with Crippen LogP contribution in [0, 0.1) is 5.92 Å². The van der Waals surface area contributed by atoms with E-state index in [1.54, 1.807) is 0 Å². The van der Waals surface area contributed by atoms with E-state index in [2.05, 4.69) is 11.8 Å². The molecule has 2 rings (SSSR count). The van der Waals surface area contributed by atoms with E-state index in [4.69, 9.17) is 5.11 Å². The van der Waals surface area contributed by atoms with Crippen LogP contribution in [0.5, 0.6) is 0 Å². The summed E-state index contributed by atoms with van der Waals surface area (Å²) in [5.41, 5.74) is 0. The van der Waals surface area contributed by atoms with Crippen LogP contribution in [0.3, 0.4) is 0 Å². The lowest BCUT2D eigenvalue weighted by atomic mass is 10.1. The molecule has 0 aromatic rings. The molecule has 1 N–H and O–H groups in total. The van der Waals surface area contributed by atoms with Gasteiger partial charge in [-0.3, -0.25) is 9.69 Å². The van der Waals surface area contributed by atoms with Gasteiger partial charge in [-0.05, 0) is 51.5 Å². The lowest BCUT2D eigenvalue weighted by Gasteiger charge is -2.29. The van der Waals surface area contributed by atoms with Crippen molar-refractivity contribution in [1.82, 2.24) is 4.90 Å². The highest BCUT2D eigenvalue weighted by atomic mass is 16.4. The Morgan fingerprint density at radius 2 is 2.07 bits per heavy atom. The van der Waals surface area contributed by atoms with Gasteiger partial charge in [0.1, 0.15) is 0 Å². The summed E-state index contributed by atoms with van der Waals surface area (Å²) in [4.78, 5) is 13.0. The summed E-state index contributed by atoms with van der Waals surface area (Å²) >= 11 is 0. The van der Waals surface area contributed by atoms with Crippen molar-refractivity contribution < 1.29 is 9.90 Å². The van der Waals surface area contributed by atoms with Crippen LogP contribution in [0.25, 0.3) is 0 Å². The molecule has 3 heteroatoms. The van der Waals surface area contributed by atoms with E-state index in [1.807, 2.05) is 0 Å². The summed E-state index contributed by atoms with van der Waals surface area (Å²) in [6, 6.07) is 1.46. The van der Waals surface area contributed by atoms with Crippen molar-refractivity contribution in [3.8, 4) is 0 Å². The minimum absolute atomic E-state index is 0.320.